The fourth-order valence-electron chi connectivity index (χ4n) is 0.949. The van der Waals surface area contributed by atoms with Gasteiger partial charge in [-0.05, 0) is 29.7 Å². The summed E-state index contributed by atoms with van der Waals surface area (Å²) < 4.78 is 12.8. The molecule has 0 heterocycles. The molecule has 0 saturated heterocycles. The van der Waals surface area contributed by atoms with Crippen molar-refractivity contribution in [3.05, 3.63) is 34.6 Å². The summed E-state index contributed by atoms with van der Waals surface area (Å²) in [5, 5.41) is 1.27. The van der Waals surface area contributed by atoms with Crippen LogP contribution in [0.15, 0.2) is 18.2 Å². The van der Waals surface area contributed by atoms with E-state index in [-0.39, 0.29) is 11.7 Å². The maximum Gasteiger partial charge on any atom is 0.124 e. The first kappa shape index (κ1) is 10.0. The van der Waals surface area contributed by atoms with Crippen LogP contribution < -0.4 is 0 Å². The molecule has 0 fully saturated rings. The van der Waals surface area contributed by atoms with Gasteiger partial charge < -0.3 is 0 Å². The first-order valence-electron chi connectivity index (χ1n) is 3.65. The third-order valence-electron chi connectivity index (χ3n) is 1.69. The Morgan fingerprint density at radius 2 is 2.17 bits per heavy atom. The van der Waals surface area contributed by atoms with Gasteiger partial charge in [0.25, 0.3) is 0 Å². The van der Waals surface area contributed by atoms with Gasteiger partial charge in [0.15, 0.2) is 0 Å². The lowest BCUT2D eigenvalue weighted by molar-refractivity contribution is 0.624. The summed E-state index contributed by atoms with van der Waals surface area (Å²) in [5.41, 5.74) is 0.928. The van der Waals surface area contributed by atoms with E-state index >= 15 is 0 Å². The molecule has 1 unspecified atom stereocenters. The average molecular weight is 252 g/mol. The summed E-state index contributed by atoms with van der Waals surface area (Å²) in [5.74, 6) is 0.0171. The number of hydrogen-bond donors (Lipinski definition) is 0. The van der Waals surface area contributed by atoms with E-state index in [0.717, 1.165) is 10.9 Å². The van der Waals surface area contributed by atoms with Crippen LogP contribution in [0.4, 0.5) is 4.39 Å². The molecule has 0 radical (unpaired) electrons. The van der Waals surface area contributed by atoms with E-state index in [4.69, 9.17) is 11.6 Å². The molecule has 0 bridgehead atoms. The van der Waals surface area contributed by atoms with Crippen molar-refractivity contribution in [2.75, 3.05) is 5.33 Å². The van der Waals surface area contributed by atoms with E-state index in [9.17, 15) is 4.39 Å². The van der Waals surface area contributed by atoms with Gasteiger partial charge in [0, 0.05) is 10.4 Å². The lowest BCUT2D eigenvalue weighted by Gasteiger charge is -2.07. The summed E-state index contributed by atoms with van der Waals surface area (Å²) in [4.78, 5) is 0. The van der Waals surface area contributed by atoms with E-state index in [1.807, 2.05) is 6.92 Å². The second-order valence-electron chi connectivity index (χ2n) is 2.76. The number of alkyl halides is 1. The van der Waals surface area contributed by atoms with Crippen molar-refractivity contribution < 1.29 is 4.39 Å². The van der Waals surface area contributed by atoms with Crippen molar-refractivity contribution in [2.45, 2.75) is 12.8 Å². The molecule has 0 nitrogen and oxygen atoms in total. The second-order valence-corrected chi connectivity index (χ2v) is 3.84. The smallest absolute Gasteiger partial charge is 0.124 e. The SMILES string of the molecule is CC(CBr)c1cc(F)cc(Cl)c1. The first-order chi connectivity index (χ1) is 5.63. The Morgan fingerprint density at radius 3 is 2.67 bits per heavy atom. The molecule has 0 aliphatic rings. The van der Waals surface area contributed by atoms with E-state index in [0.29, 0.717) is 5.02 Å². The molecular weight excluding hydrogens is 242 g/mol. The molecule has 0 amide bonds. The van der Waals surface area contributed by atoms with Crippen LogP contribution in [-0.4, -0.2) is 5.33 Å². The maximum atomic E-state index is 12.8. The molecule has 0 saturated carbocycles. The van der Waals surface area contributed by atoms with Crippen molar-refractivity contribution >= 4 is 27.5 Å². The van der Waals surface area contributed by atoms with Gasteiger partial charge in [0.05, 0.1) is 0 Å². The highest BCUT2D eigenvalue weighted by atomic mass is 79.9. The van der Waals surface area contributed by atoms with Gasteiger partial charge in [-0.1, -0.05) is 34.5 Å². The van der Waals surface area contributed by atoms with Crippen molar-refractivity contribution in [1.29, 1.82) is 0 Å². The molecule has 0 N–H and O–H groups in total. The number of benzene rings is 1. The molecule has 1 aromatic rings. The zero-order valence-corrected chi connectivity index (χ0v) is 8.99. The second kappa shape index (κ2) is 4.24. The summed E-state index contributed by atoms with van der Waals surface area (Å²) in [6.45, 7) is 2.01. The van der Waals surface area contributed by atoms with Crippen LogP contribution in [0.3, 0.4) is 0 Å². The van der Waals surface area contributed by atoms with Crippen LogP contribution in [0.5, 0.6) is 0 Å². The van der Waals surface area contributed by atoms with Crippen molar-refractivity contribution in [3.8, 4) is 0 Å². The highest BCUT2D eigenvalue weighted by Gasteiger charge is 2.05. The lowest BCUT2D eigenvalue weighted by atomic mass is 10.0. The molecule has 1 atom stereocenters. The zero-order chi connectivity index (χ0) is 9.14. The number of halogens is 3. The van der Waals surface area contributed by atoms with Gasteiger partial charge in [-0.25, -0.2) is 4.39 Å². The van der Waals surface area contributed by atoms with Crippen LogP contribution in [0.2, 0.25) is 5.02 Å². The highest BCUT2D eigenvalue weighted by Crippen LogP contribution is 2.22. The van der Waals surface area contributed by atoms with Gasteiger partial charge in [-0.15, -0.1) is 0 Å². The third kappa shape index (κ3) is 2.46. The number of rotatable bonds is 2. The summed E-state index contributed by atoms with van der Waals surface area (Å²) in [6, 6.07) is 4.61. The van der Waals surface area contributed by atoms with E-state index < -0.39 is 0 Å². The highest BCUT2D eigenvalue weighted by molar-refractivity contribution is 9.09. The average Bonchev–Trinajstić information content (AvgIpc) is 2.01. The molecule has 1 aromatic carbocycles. The van der Waals surface area contributed by atoms with E-state index in [1.54, 1.807) is 6.07 Å². The molecule has 0 spiro atoms. The normalized spacial score (nSPS) is 13.0. The fraction of sp³-hybridized carbons (Fsp3) is 0.333. The van der Waals surface area contributed by atoms with Crippen LogP contribution >= 0.6 is 27.5 Å². The van der Waals surface area contributed by atoms with Crippen molar-refractivity contribution in [1.82, 2.24) is 0 Å². The van der Waals surface area contributed by atoms with E-state index in [1.165, 1.54) is 12.1 Å². The minimum Gasteiger partial charge on any atom is -0.207 e. The van der Waals surface area contributed by atoms with Crippen molar-refractivity contribution in [2.24, 2.45) is 0 Å². The van der Waals surface area contributed by atoms with Crippen LogP contribution in [-0.2, 0) is 0 Å². The Balaban J connectivity index is 3.00. The largest absolute Gasteiger partial charge is 0.207 e. The van der Waals surface area contributed by atoms with Crippen LogP contribution in [0.25, 0.3) is 0 Å². The molecule has 12 heavy (non-hydrogen) atoms. The quantitative estimate of drug-likeness (QED) is 0.698. The number of hydrogen-bond acceptors (Lipinski definition) is 0. The standard InChI is InChI=1S/C9H9BrClF/c1-6(5-10)7-2-8(11)4-9(12)3-7/h2-4,6H,5H2,1H3. The molecule has 0 aromatic heterocycles. The first-order valence-corrected chi connectivity index (χ1v) is 5.15. The van der Waals surface area contributed by atoms with Gasteiger partial charge >= 0.3 is 0 Å². The molecule has 66 valence electrons. The van der Waals surface area contributed by atoms with Gasteiger partial charge in [-0.3, -0.25) is 0 Å². The topological polar surface area (TPSA) is 0 Å². The summed E-state index contributed by atoms with van der Waals surface area (Å²) >= 11 is 9.03. The predicted molar refractivity (Wildman–Crippen MR) is 53.6 cm³/mol. The Bertz CT molecular complexity index is 255. The van der Waals surface area contributed by atoms with Gasteiger partial charge in [0.2, 0.25) is 0 Å². The minimum absolute atomic E-state index is 0.273. The third-order valence-corrected chi connectivity index (χ3v) is 2.87. The molecule has 3 heteroatoms. The lowest BCUT2D eigenvalue weighted by Crippen LogP contribution is -1.94. The summed E-state index contributed by atoms with van der Waals surface area (Å²) in [7, 11) is 0. The summed E-state index contributed by atoms with van der Waals surface area (Å²) in [6.07, 6.45) is 0. The zero-order valence-electron chi connectivity index (χ0n) is 6.65. The Kier molecular flexibility index (Phi) is 3.53. The molecular formula is C9H9BrClF. The molecule has 0 aliphatic carbocycles. The van der Waals surface area contributed by atoms with Crippen molar-refractivity contribution in [3.63, 3.8) is 0 Å². The van der Waals surface area contributed by atoms with Gasteiger partial charge in [-0.2, -0.15) is 0 Å². The molecule has 1 rings (SSSR count). The Morgan fingerprint density at radius 1 is 1.50 bits per heavy atom. The van der Waals surface area contributed by atoms with E-state index in [2.05, 4.69) is 15.9 Å². The minimum atomic E-state index is -0.273. The monoisotopic (exact) mass is 250 g/mol. The Hall–Kier alpha value is -0.0800. The fourth-order valence-corrected chi connectivity index (χ4v) is 1.55. The van der Waals surface area contributed by atoms with Crippen LogP contribution in [0.1, 0.15) is 18.4 Å². The Labute approximate surface area is 84.9 Å². The van der Waals surface area contributed by atoms with Gasteiger partial charge in [0.1, 0.15) is 5.82 Å². The predicted octanol–water partition coefficient (Wildman–Crippen LogP) is 3.98. The molecule has 0 aliphatic heterocycles. The maximum absolute atomic E-state index is 12.8. The van der Waals surface area contributed by atoms with Crippen LogP contribution in [0, 0.1) is 5.82 Å².